The van der Waals surface area contributed by atoms with E-state index in [4.69, 9.17) is 10.7 Å². The van der Waals surface area contributed by atoms with Crippen molar-refractivity contribution >= 4 is 37.5 Å². The second-order valence-electron chi connectivity index (χ2n) is 6.36. The number of aromatic nitrogens is 2. The van der Waals surface area contributed by atoms with Gasteiger partial charge in [0.15, 0.2) is 0 Å². The van der Waals surface area contributed by atoms with Gasteiger partial charge in [0, 0.05) is 20.8 Å². The van der Waals surface area contributed by atoms with Crippen LogP contribution in [-0.2, 0) is 12.0 Å². The highest BCUT2D eigenvalue weighted by Crippen LogP contribution is 2.46. The van der Waals surface area contributed by atoms with Crippen molar-refractivity contribution in [3.8, 4) is 0 Å². The number of aryl methyl sites for hydroxylation is 1. The van der Waals surface area contributed by atoms with E-state index in [1.165, 1.54) is 14.7 Å². The summed E-state index contributed by atoms with van der Waals surface area (Å²) in [6.07, 6.45) is 6.94. The zero-order valence-corrected chi connectivity index (χ0v) is 15.8. The molecule has 0 amide bonds. The van der Waals surface area contributed by atoms with Crippen LogP contribution in [0.15, 0.2) is 10.8 Å². The third kappa shape index (κ3) is 2.50. The summed E-state index contributed by atoms with van der Waals surface area (Å²) in [5.41, 5.74) is 7.27. The van der Waals surface area contributed by atoms with Crippen LogP contribution in [0.1, 0.15) is 43.2 Å². The molecule has 22 heavy (non-hydrogen) atoms. The average Bonchev–Trinajstić information content (AvgIpc) is 2.84. The van der Waals surface area contributed by atoms with Gasteiger partial charge in [-0.2, -0.15) is 0 Å². The van der Waals surface area contributed by atoms with E-state index >= 15 is 0 Å². The van der Waals surface area contributed by atoms with Gasteiger partial charge < -0.3 is 5.73 Å². The molecular weight excluding hydrogens is 360 g/mol. The van der Waals surface area contributed by atoms with Crippen LogP contribution in [0.25, 0.3) is 10.2 Å². The predicted octanol–water partition coefficient (Wildman–Crippen LogP) is 3.67. The summed E-state index contributed by atoms with van der Waals surface area (Å²) in [4.78, 5) is 14.0. The van der Waals surface area contributed by atoms with Gasteiger partial charge in [0.2, 0.25) is 0 Å². The van der Waals surface area contributed by atoms with E-state index in [1.807, 2.05) is 0 Å². The number of thiophene rings is 1. The number of nitrogens with two attached hydrogens (primary N) is 1. The van der Waals surface area contributed by atoms with Crippen molar-refractivity contribution in [3.63, 3.8) is 0 Å². The highest BCUT2D eigenvalue weighted by molar-refractivity contribution is 9.10. The normalized spacial score (nSPS) is 26.0. The number of rotatable bonds is 3. The largest absolute Gasteiger partial charge is 0.328 e. The van der Waals surface area contributed by atoms with Crippen molar-refractivity contribution in [2.75, 3.05) is 14.1 Å². The van der Waals surface area contributed by atoms with Crippen molar-refractivity contribution in [2.45, 2.75) is 50.6 Å². The molecule has 0 spiro atoms. The van der Waals surface area contributed by atoms with Gasteiger partial charge in [-0.05, 0) is 62.1 Å². The van der Waals surface area contributed by atoms with Gasteiger partial charge in [0.25, 0.3) is 0 Å². The van der Waals surface area contributed by atoms with Gasteiger partial charge in [0.05, 0.1) is 11.2 Å². The van der Waals surface area contributed by atoms with Crippen LogP contribution in [0.5, 0.6) is 0 Å². The summed E-state index contributed by atoms with van der Waals surface area (Å²) in [5, 5.41) is 1.20. The second kappa shape index (κ2) is 6.15. The Labute approximate surface area is 144 Å². The van der Waals surface area contributed by atoms with Gasteiger partial charge in [0.1, 0.15) is 11.2 Å². The van der Waals surface area contributed by atoms with Crippen molar-refractivity contribution in [1.29, 1.82) is 0 Å². The maximum atomic E-state index is 6.14. The zero-order chi connectivity index (χ0) is 15.9. The highest BCUT2D eigenvalue weighted by Gasteiger charge is 2.41. The molecule has 0 aliphatic heterocycles. The van der Waals surface area contributed by atoms with E-state index in [0.29, 0.717) is 6.04 Å². The molecule has 0 unspecified atom stereocenters. The van der Waals surface area contributed by atoms with Gasteiger partial charge >= 0.3 is 0 Å². The molecule has 120 valence electrons. The van der Waals surface area contributed by atoms with Crippen molar-refractivity contribution in [3.05, 3.63) is 21.4 Å². The summed E-state index contributed by atoms with van der Waals surface area (Å²) in [6, 6.07) is 0.322. The van der Waals surface area contributed by atoms with Crippen molar-refractivity contribution in [2.24, 2.45) is 5.73 Å². The number of halogens is 1. The Morgan fingerprint density at radius 3 is 2.64 bits per heavy atom. The summed E-state index contributed by atoms with van der Waals surface area (Å²) in [6.45, 7) is 2.18. The molecule has 1 saturated carbocycles. The van der Waals surface area contributed by atoms with Gasteiger partial charge in [-0.25, -0.2) is 9.97 Å². The van der Waals surface area contributed by atoms with Gasteiger partial charge in [-0.1, -0.05) is 6.92 Å². The van der Waals surface area contributed by atoms with Crippen molar-refractivity contribution < 1.29 is 0 Å². The van der Waals surface area contributed by atoms with Crippen LogP contribution in [0.3, 0.4) is 0 Å². The smallest absolute Gasteiger partial charge is 0.128 e. The van der Waals surface area contributed by atoms with Crippen LogP contribution >= 0.6 is 27.3 Å². The van der Waals surface area contributed by atoms with Crippen LogP contribution in [0.4, 0.5) is 0 Å². The summed E-state index contributed by atoms with van der Waals surface area (Å²) < 4.78 is 1.18. The molecule has 1 aliphatic carbocycles. The fourth-order valence-corrected chi connectivity index (χ4v) is 5.54. The number of nitrogens with zero attached hydrogens (tertiary/aromatic N) is 3. The summed E-state index contributed by atoms with van der Waals surface area (Å²) in [7, 11) is 4.32. The molecule has 0 aromatic carbocycles. The second-order valence-corrected chi connectivity index (χ2v) is 8.24. The third-order valence-corrected chi connectivity index (χ3v) is 7.35. The molecule has 1 aliphatic rings. The molecule has 2 aromatic rings. The van der Waals surface area contributed by atoms with E-state index in [1.54, 1.807) is 17.7 Å². The molecule has 2 N–H and O–H groups in total. The number of hydrogen-bond acceptors (Lipinski definition) is 5. The Morgan fingerprint density at radius 2 is 2.05 bits per heavy atom. The highest BCUT2D eigenvalue weighted by atomic mass is 79.9. The molecule has 3 rings (SSSR count). The zero-order valence-electron chi connectivity index (χ0n) is 13.4. The fraction of sp³-hybridized carbons (Fsp3) is 0.625. The quantitative estimate of drug-likeness (QED) is 0.879. The van der Waals surface area contributed by atoms with E-state index in [2.05, 4.69) is 46.8 Å². The first kappa shape index (κ1) is 16.3. The molecule has 0 atom stereocenters. The molecule has 0 radical (unpaired) electrons. The molecular formula is C16H23BrN4S. The van der Waals surface area contributed by atoms with Crippen LogP contribution in [0, 0.1) is 0 Å². The van der Waals surface area contributed by atoms with E-state index in [9.17, 15) is 0 Å². The maximum absolute atomic E-state index is 6.14. The molecule has 0 bridgehead atoms. The Hall–Kier alpha value is -0.560. The van der Waals surface area contributed by atoms with E-state index < -0.39 is 0 Å². The Bertz CT molecular complexity index is 674. The average molecular weight is 383 g/mol. The monoisotopic (exact) mass is 382 g/mol. The maximum Gasteiger partial charge on any atom is 0.128 e. The first-order chi connectivity index (χ1) is 10.5. The first-order valence-corrected chi connectivity index (χ1v) is 9.46. The molecule has 2 heterocycles. The Morgan fingerprint density at radius 1 is 1.36 bits per heavy atom. The topological polar surface area (TPSA) is 55.0 Å². The molecule has 2 aromatic heterocycles. The molecule has 4 nitrogen and oxygen atoms in total. The minimum absolute atomic E-state index is 0.0360. The van der Waals surface area contributed by atoms with Crippen LogP contribution < -0.4 is 5.73 Å². The van der Waals surface area contributed by atoms with E-state index in [0.717, 1.165) is 42.6 Å². The Kier molecular flexibility index (Phi) is 4.56. The number of hydrogen-bond donors (Lipinski definition) is 1. The lowest BCUT2D eigenvalue weighted by atomic mass is 9.75. The third-order valence-electron chi connectivity index (χ3n) is 4.97. The van der Waals surface area contributed by atoms with Crippen LogP contribution in [-0.4, -0.2) is 35.0 Å². The van der Waals surface area contributed by atoms with E-state index in [-0.39, 0.29) is 5.54 Å². The minimum Gasteiger partial charge on any atom is -0.328 e. The predicted molar refractivity (Wildman–Crippen MR) is 96.3 cm³/mol. The van der Waals surface area contributed by atoms with Gasteiger partial charge in [-0.15, -0.1) is 11.3 Å². The lowest BCUT2D eigenvalue weighted by molar-refractivity contribution is 0.0888. The standard InChI is InChI=1S/C16H23BrN4S/c1-4-11-13(17)12-14(19-9-20-15(12)22-11)16(21(2)3)7-5-10(18)6-8-16/h9-10H,4-8,18H2,1-3H3. The first-order valence-electron chi connectivity index (χ1n) is 7.85. The lowest BCUT2D eigenvalue weighted by Gasteiger charge is -2.44. The van der Waals surface area contributed by atoms with Crippen LogP contribution in [0.2, 0.25) is 0 Å². The summed E-state index contributed by atoms with van der Waals surface area (Å²) >= 11 is 5.57. The Balaban J connectivity index is 2.20. The molecule has 1 fully saturated rings. The fourth-order valence-electron chi connectivity index (χ4n) is 3.54. The summed E-state index contributed by atoms with van der Waals surface area (Å²) in [5.74, 6) is 0. The number of fused-ring (bicyclic) bond motifs is 1. The van der Waals surface area contributed by atoms with Gasteiger partial charge in [-0.3, -0.25) is 4.90 Å². The lowest BCUT2D eigenvalue weighted by Crippen LogP contribution is -2.47. The minimum atomic E-state index is -0.0360. The molecule has 6 heteroatoms. The SMILES string of the molecule is CCc1sc2ncnc(C3(N(C)C)CCC(N)CC3)c2c1Br. The van der Waals surface area contributed by atoms with Crippen molar-refractivity contribution in [1.82, 2.24) is 14.9 Å². The molecule has 0 saturated heterocycles.